The summed E-state index contributed by atoms with van der Waals surface area (Å²) in [7, 11) is 0. The molecule has 0 unspecified atom stereocenters. The minimum atomic E-state index is -1.15. The van der Waals surface area contributed by atoms with Crippen LogP contribution in [0, 0.1) is 6.54 Å². The van der Waals surface area contributed by atoms with Crippen molar-refractivity contribution in [1.29, 1.82) is 0 Å². The second kappa shape index (κ2) is 3.61. The van der Waals surface area contributed by atoms with Gasteiger partial charge in [-0.3, -0.25) is 0 Å². The second-order valence-electron chi connectivity index (χ2n) is 2.15. The van der Waals surface area contributed by atoms with E-state index in [1.807, 2.05) is 5.32 Å². The fourth-order valence-corrected chi connectivity index (χ4v) is 0.749. The van der Waals surface area contributed by atoms with E-state index in [1.54, 1.807) is 18.2 Å². The number of hydrogen-bond acceptors (Lipinski definition) is 2. The molecule has 0 aromatic heterocycles. The smallest absolute Gasteiger partial charge is 0.405 e. The normalized spacial score (nSPS) is 9.33. The molecule has 1 aromatic carbocycles. The second-order valence-corrected chi connectivity index (χ2v) is 2.15. The summed E-state index contributed by atoms with van der Waals surface area (Å²) in [6, 6.07) is 6.45. The highest BCUT2D eigenvalue weighted by atomic mass is 16.4. The molecular formula is C8H8NO3. The number of benzene rings is 1. The van der Waals surface area contributed by atoms with Gasteiger partial charge in [-0.25, -0.2) is 4.79 Å². The van der Waals surface area contributed by atoms with Crippen LogP contribution in [0.3, 0.4) is 0 Å². The van der Waals surface area contributed by atoms with Crippen molar-refractivity contribution >= 4 is 6.09 Å². The Morgan fingerprint density at radius 3 is 2.67 bits per heavy atom. The molecule has 1 amide bonds. The van der Waals surface area contributed by atoms with E-state index >= 15 is 0 Å². The molecule has 12 heavy (non-hydrogen) atoms. The van der Waals surface area contributed by atoms with Crippen molar-refractivity contribution in [3.05, 3.63) is 36.4 Å². The van der Waals surface area contributed by atoms with Gasteiger partial charge in [-0.1, -0.05) is 18.2 Å². The SMILES string of the molecule is O=C(O)N[CH]c1ccccc1O. The number of rotatable bonds is 2. The number of phenolic OH excluding ortho intramolecular Hbond substituents is 1. The third-order valence-corrected chi connectivity index (χ3v) is 1.29. The molecule has 0 bridgehead atoms. The van der Waals surface area contributed by atoms with Crippen molar-refractivity contribution in [2.45, 2.75) is 0 Å². The predicted molar refractivity (Wildman–Crippen MR) is 42.7 cm³/mol. The quantitative estimate of drug-likeness (QED) is 0.617. The first-order valence-corrected chi connectivity index (χ1v) is 3.31. The Labute approximate surface area is 69.5 Å². The van der Waals surface area contributed by atoms with Gasteiger partial charge >= 0.3 is 6.09 Å². The Morgan fingerprint density at radius 2 is 2.08 bits per heavy atom. The number of phenols is 1. The van der Waals surface area contributed by atoms with E-state index in [0.717, 1.165) is 0 Å². The number of aromatic hydroxyl groups is 1. The molecule has 0 heterocycles. The fourth-order valence-electron chi connectivity index (χ4n) is 0.749. The van der Waals surface area contributed by atoms with Crippen LogP contribution >= 0.6 is 0 Å². The van der Waals surface area contributed by atoms with Crippen LogP contribution in [0.15, 0.2) is 24.3 Å². The van der Waals surface area contributed by atoms with Gasteiger partial charge in [-0.05, 0) is 6.07 Å². The van der Waals surface area contributed by atoms with E-state index in [2.05, 4.69) is 0 Å². The summed E-state index contributed by atoms with van der Waals surface area (Å²) in [5.41, 5.74) is 0.444. The fraction of sp³-hybridized carbons (Fsp3) is 0. The van der Waals surface area contributed by atoms with E-state index in [0.29, 0.717) is 5.56 Å². The van der Waals surface area contributed by atoms with Crippen LogP contribution < -0.4 is 5.32 Å². The Balaban J connectivity index is 2.63. The van der Waals surface area contributed by atoms with Gasteiger partial charge in [-0.2, -0.15) is 0 Å². The molecule has 1 radical (unpaired) electrons. The van der Waals surface area contributed by atoms with Gasteiger partial charge in [0, 0.05) is 5.56 Å². The summed E-state index contributed by atoms with van der Waals surface area (Å²) in [6.45, 7) is 1.22. The van der Waals surface area contributed by atoms with Gasteiger partial charge in [0.15, 0.2) is 0 Å². The van der Waals surface area contributed by atoms with Crippen LogP contribution in [0.5, 0.6) is 5.75 Å². The van der Waals surface area contributed by atoms with E-state index in [4.69, 9.17) is 10.2 Å². The molecule has 1 aromatic rings. The summed E-state index contributed by atoms with van der Waals surface area (Å²) in [4.78, 5) is 10.1. The first-order valence-electron chi connectivity index (χ1n) is 3.31. The summed E-state index contributed by atoms with van der Waals surface area (Å²) in [5, 5.41) is 19.4. The Morgan fingerprint density at radius 1 is 1.42 bits per heavy atom. The highest BCUT2D eigenvalue weighted by molar-refractivity contribution is 5.66. The molecule has 0 fully saturated rings. The van der Waals surface area contributed by atoms with Crippen LogP contribution in [-0.4, -0.2) is 16.3 Å². The van der Waals surface area contributed by atoms with E-state index in [-0.39, 0.29) is 5.75 Å². The third-order valence-electron chi connectivity index (χ3n) is 1.29. The van der Waals surface area contributed by atoms with Gasteiger partial charge in [0.25, 0.3) is 0 Å². The molecule has 0 saturated carbocycles. The molecular weight excluding hydrogens is 158 g/mol. The maximum Gasteiger partial charge on any atom is 0.405 e. The van der Waals surface area contributed by atoms with E-state index in [9.17, 15) is 4.79 Å². The summed E-state index contributed by atoms with van der Waals surface area (Å²) in [5.74, 6) is 0.0475. The largest absolute Gasteiger partial charge is 0.508 e. The van der Waals surface area contributed by atoms with Gasteiger partial charge in [0.1, 0.15) is 5.75 Å². The van der Waals surface area contributed by atoms with Crippen LogP contribution in [0.2, 0.25) is 0 Å². The Kier molecular flexibility index (Phi) is 2.53. The zero-order chi connectivity index (χ0) is 8.97. The average molecular weight is 166 g/mol. The highest BCUT2D eigenvalue weighted by Gasteiger charge is 2.00. The van der Waals surface area contributed by atoms with Crippen molar-refractivity contribution in [3.63, 3.8) is 0 Å². The number of carbonyl (C=O) groups is 1. The lowest BCUT2D eigenvalue weighted by atomic mass is 10.2. The Hall–Kier alpha value is -1.71. The summed E-state index contributed by atoms with van der Waals surface area (Å²) < 4.78 is 0. The first kappa shape index (κ1) is 8.39. The topological polar surface area (TPSA) is 69.6 Å². The predicted octanol–water partition coefficient (Wildman–Crippen LogP) is 1.17. The monoisotopic (exact) mass is 166 g/mol. The van der Waals surface area contributed by atoms with Crippen LogP contribution in [0.1, 0.15) is 5.56 Å². The van der Waals surface area contributed by atoms with Crippen molar-refractivity contribution in [2.24, 2.45) is 0 Å². The van der Waals surface area contributed by atoms with Gasteiger partial charge in [-0.15, -0.1) is 0 Å². The molecule has 0 aliphatic heterocycles. The van der Waals surface area contributed by atoms with Crippen molar-refractivity contribution in [1.82, 2.24) is 5.32 Å². The average Bonchev–Trinajstić information content (AvgIpc) is 2.03. The van der Waals surface area contributed by atoms with E-state index in [1.165, 1.54) is 12.6 Å². The molecule has 0 atom stereocenters. The standard InChI is InChI=1S/C8H8NO3/c10-7-4-2-1-3-6(7)5-9-8(11)12/h1-5,9-10H,(H,11,12). The molecule has 4 heteroatoms. The zero-order valence-electron chi connectivity index (χ0n) is 6.19. The summed E-state index contributed by atoms with van der Waals surface area (Å²) >= 11 is 0. The molecule has 63 valence electrons. The molecule has 0 aliphatic rings. The third kappa shape index (κ3) is 2.16. The van der Waals surface area contributed by atoms with Crippen LogP contribution in [-0.2, 0) is 0 Å². The molecule has 3 N–H and O–H groups in total. The molecule has 0 spiro atoms. The van der Waals surface area contributed by atoms with Crippen LogP contribution in [0.4, 0.5) is 4.79 Å². The van der Waals surface area contributed by atoms with E-state index < -0.39 is 6.09 Å². The van der Waals surface area contributed by atoms with Crippen molar-refractivity contribution in [3.8, 4) is 5.75 Å². The molecule has 4 nitrogen and oxygen atoms in total. The summed E-state index contributed by atoms with van der Waals surface area (Å²) in [6.07, 6.45) is -1.15. The number of carboxylic acid groups (broad SMARTS) is 1. The van der Waals surface area contributed by atoms with Crippen LogP contribution in [0.25, 0.3) is 0 Å². The van der Waals surface area contributed by atoms with Gasteiger partial charge < -0.3 is 15.5 Å². The lowest BCUT2D eigenvalue weighted by Gasteiger charge is -2.01. The number of hydrogen-bond donors (Lipinski definition) is 3. The van der Waals surface area contributed by atoms with Gasteiger partial charge in [0.05, 0.1) is 6.54 Å². The highest BCUT2D eigenvalue weighted by Crippen LogP contribution is 2.15. The zero-order valence-corrected chi connectivity index (χ0v) is 6.19. The molecule has 1 rings (SSSR count). The number of para-hydroxylation sites is 1. The lowest BCUT2D eigenvalue weighted by Crippen LogP contribution is -2.17. The minimum Gasteiger partial charge on any atom is -0.508 e. The lowest BCUT2D eigenvalue weighted by molar-refractivity contribution is 0.197. The maximum atomic E-state index is 10.1. The Bertz CT molecular complexity index is 285. The van der Waals surface area contributed by atoms with Gasteiger partial charge in [0.2, 0.25) is 0 Å². The number of nitrogens with one attached hydrogen (secondary N) is 1. The number of amides is 1. The maximum absolute atomic E-state index is 10.1. The minimum absolute atomic E-state index is 0.0475. The molecule has 0 aliphatic carbocycles. The molecule has 0 saturated heterocycles. The van der Waals surface area contributed by atoms with Crippen molar-refractivity contribution < 1.29 is 15.0 Å². The first-order chi connectivity index (χ1) is 5.70. The van der Waals surface area contributed by atoms with Crippen molar-refractivity contribution in [2.75, 3.05) is 0 Å².